The minimum absolute atomic E-state index is 0.0873. The van der Waals surface area contributed by atoms with E-state index in [2.05, 4.69) is 34.4 Å². The Morgan fingerprint density at radius 1 is 1.26 bits per heavy atom. The Labute approximate surface area is 120 Å². The van der Waals surface area contributed by atoms with Crippen molar-refractivity contribution in [2.45, 2.75) is 16.4 Å². The van der Waals surface area contributed by atoms with E-state index in [1.54, 1.807) is 0 Å². The smallest absolute Gasteiger partial charge is 0.223 e. The normalized spacial score (nSPS) is 10.8. The van der Waals surface area contributed by atoms with Gasteiger partial charge in [0.25, 0.3) is 5.95 Å². The fourth-order valence-electron chi connectivity index (χ4n) is 1.18. The average Bonchev–Trinajstić information content (AvgIpc) is 3.00. The van der Waals surface area contributed by atoms with E-state index in [1.165, 1.54) is 40.6 Å². The molecule has 0 aliphatic carbocycles. The number of nitrogens with zero attached hydrogens (tertiary/aromatic N) is 8. The largest absolute Gasteiger partial charge is 0.257 e. The quantitative estimate of drug-likeness (QED) is 0.716. The maximum absolute atomic E-state index is 5.87. The van der Waals surface area contributed by atoms with Crippen LogP contribution in [0.2, 0.25) is 5.28 Å². The second-order valence-corrected chi connectivity index (χ2v) is 5.54. The van der Waals surface area contributed by atoms with Crippen molar-refractivity contribution in [2.75, 3.05) is 0 Å². The minimum atomic E-state index is 0.0873. The molecule has 0 aliphatic rings. The van der Waals surface area contributed by atoms with Gasteiger partial charge in [0.1, 0.15) is 18.5 Å². The van der Waals surface area contributed by atoms with E-state index < -0.39 is 0 Å². The molecule has 0 spiro atoms. The highest BCUT2D eigenvalue weighted by atomic mass is 35.5. The summed E-state index contributed by atoms with van der Waals surface area (Å²) in [5.74, 6) is 1.02. The second kappa shape index (κ2) is 5.15. The molecule has 0 N–H and O–H groups in total. The van der Waals surface area contributed by atoms with Crippen LogP contribution < -0.4 is 0 Å². The Kier molecular flexibility index (Phi) is 3.36. The Morgan fingerprint density at radius 2 is 2.16 bits per heavy atom. The molecule has 19 heavy (non-hydrogen) atoms. The molecule has 0 saturated heterocycles. The van der Waals surface area contributed by atoms with E-state index in [1.807, 2.05) is 6.92 Å². The van der Waals surface area contributed by atoms with Crippen molar-refractivity contribution in [2.24, 2.45) is 0 Å². The SMILES string of the molecule is Cc1nsc(Sc2nc(Cl)nc(-n3cncn3)n2)n1. The lowest BCUT2D eigenvalue weighted by Gasteiger charge is -2.01. The summed E-state index contributed by atoms with van der Waals surface area (Å²) in [4.78, 5) is 20.3. The van der Waals surface area contributed by atoms with Crippen molar-refractivity contribution in [1.29, 1.82) is 0 Å². The Bertz CT molecular complexity index is 697. The van der Waals surface area contributed by atoms with Crippen LogP contribution in [-0.4, -0.2) is 39.1 Å². The van der Waals surface area contributed by atoms with Crippen molar-refractivity contribution in [3.8, 4) is 5.95 Å². The molecule has 8 nitrogen and oxygen atoms in total. The Balaban J connectivity index is 1.94. The van der Waals surface area contributed by atoms with Crippen molar-refractivity contribution < 1.29 is 0 Å². The van der Waals surface area contributed by atoms with E-state index in [4.69, 9.17) is 11.6 Å². The van der Waals surface area contributed by atoms with Gasteiger partial charge in [-0.05, 0) is 41.8 Å². The van der Waals surface area contributed by atoms with Gasteiger partial charge in [0.05, 0.1) is 0 Å². The van der Waals surface area contributed by atoms with Gasteiger partial charge in [-0.3, -0.25) is 0 Å². The van der Waals surface area contributed by atoms with E-state index in [0.29, 0.717) is 16.9 Å². The van der Waals surface area contributed by atoms with Crippen LogP contribution in [0.1, 0.15) is 5.82 Å². The van der Waals surface area contributed by atoms with Gasteiger partial charge in [-0.15, -0.1) is 0 Å². The molecule has 11 heteroatoms. The third-order valence-electron chi connectivity index (χ3n) is 1.89. The standard InChI is InChI=1S/C8H5ClN8S2/c1-4-12-8(19-16-4)18-7-14-5(9)13-6(15-7)17-3-10-2-11-17/h2-3H,1H3. The molecule has 0 amide bonds. The third-order valence-corrected chi connectivity index (χ3v) is 3.76. The second-order valence-electron chi connectivity index (χ2n) is 3.24. The lowest BCUT2D eigenvalue weighted by atomic mass is 10.8. The fourth-order valence-corrected chi connectivity index (χ4v) is 2.89. The topological polar surface area (TPSA) is 95.2 Å². The molecule has 0 aromatic carbocycles. The third kappa shape index (κ3) is 2.85. The van der Waals surface area contributed by atoms with E-state index in [-0.39, 0.29) is 5.28 Å². The molecule has 0 aliphatic heterocycles. The van der Waals surface area contributed by atoms with Gasteiger partial charge in [0.15, 0.2) is 4.34 Å². The molecule has 3 rings (SSSR count). The molecule has 3 aromatic heterocycles. The molecule has 0 fully saturated rings. The Hall–Kier alpha value is -1.65. The first kappa shape index (κ1) is 12.4. The van der Waals surface area contributed by atoms with Gasteiger partial charge in [0.2, 0.25) is 10.4 Å². The van der Waals surface area contributed by atoms with Crippen LogP contribution in [0, 0.1) is 6.92 Å². The fraction of sp³-hybridized carbons (Fsp3) is 0.125. The van der Waals surface area contributed by atoms with Crippen molar-refractivity contribution in [3.05, 3.63) is 23.8 Å². The Morgan fingerprint density at radius 3 is 2.84 bits per heavy atom. The lowest BCUT2D eigenvalue weighted by Crippen LogP contribution is -2.04. The van der Waals surface area contributed by atoms with Crippen LogP contribution in [-0.2, 0) is 0 Å². The first-order chi connectivity index (χ1) is 9.20. The summed E-state index contributed by atoms with van der Waals surface area (Å²) in [5.41, 5.74) is 0. The molecular formula is C8H5ClN8S2. The first-order valence-corrected chi connectivity index (χ1v) is 6.92. The molecule has 3 heterocycles. The summed E-state index contributed by atoms with van der Waals surface area (Å²) in [6.45, 7) is 1.82. The van der Waals surface area contributed by atoms with Crippen LogP contribution in [0.4, 0.5) is 0 Å². The molecule has 0 atom stereocenters. The van der Waals surface area contributed by atoms with Crippen molar-refractivity contribution >= 4 is 34.9 Å². The van der Waals surface area contributed by atoms with Crippen LogP contribution in [0.25, 0.3) is 5.95 Å². The van der Waals surface area contributed by atoms with E-state index >= 15 is 0 Å². The van der Waals surface area contributed by atoms with Gasteiger partial charge >= 0.3 is 0 Å². The molecule has 0 unspecified atom stereocenters. The lowest BCUT2D eigenvalue weighted by molar-refractivity contribution is 0.757. The monoisotopic (exact) mass is 312 g/mol. The number of hydrogen-bond donors (Lipinski definition) is 0. The maximum atomic E-state index is 5.87. The molecule has 0 radical (unpaired) electrons. The predicted octanol–water partition coefficient (Wildman–Crippen LogP) is 1.42. The van der Waals surface area contributed by atoms with Crippen LogP contribution in [0.5, 0.6) is 0 Å². The minimum Gasteiger partial charge on any atom is -0.223 e. The van der Waals surface area contributed by atoms with Crippen molar-refractivity contribution in [3.63, 3.8) is 0 Å². The summed E-state index contributed by atoms with van der Waals surface area (Å²) in [6.07, 6.45) is 2.87. The van der Waals surface area contributed by atoms with Gasteiger partial charge in [-0.1, -0.05) is 0 Å². The van der Waals surface area contributed by atoms with Gasteiger partial charge in [-0.25, -0.2) is 9.97 Å². The van der Waals surface area contributed by atoms with Gasteiger partial charge in [0, 0.05) is 0 Å². The number of rotatable bonds is 3. The first-order valence-electron chi connectivity index (χ1n) is 4.95. The highest BCUT2D eigenvalue weighted by Crippen LogP contribution is 2.26. The number of aryl methyl sites for hydroxylation is 1. The van der Waals surface area contributed by atoms with Gasteiger partial charge < -0.3 is 0 Å². The van der Waals surface area contributed by atoms with Gasteiger partial charge in [-0.2, -0.15) is 29.1 Å². The summed E-state index contributed by atoms with van der Waals surface area (Å²) >= 11 is 8.42. The number of aromatic nitrogens is 8. The van der Waals surface area contributed by atoms with Crippen molar-refractivity contribution in [1.82, 2.24) is 39.1 Å². The summed E-state index contributed by atoms with van der Waals surface area (Å²) < 4.78 is 6.23. The zero-order valence-corrected chi connectivity index (χ0v) is 11.8. The zero-order valence-electron chi connectivity index (χ0n) is 9.43. The molecule has 0 saturated carbocycles. The van der Waals surface area contributed by atoms with Crippen LogP contribution >= 0.6 is 34.9 Å². The maximum Gasteiger partial charge on any atom is 0.257 e. The molecule has 0 bridgehead atoms. The highest BCUT2D eigenvalue weighted by molar-refractivity contribution is 8.00. The predicted molar refractivity (Wildman–Crippen MR) is 68.5 cm³/mol. The highest BCUT2D eigenvalue weighted by Gasteiger charge is 2.11. The molecular weight excluding hydrogens is 308 g/mol. The summed E-state index contributed by atoms with van der Waals surface area (Å²) in [6, 6.07) is 0. The summed E-state index contributed by atoms with van der Waals surface area (Å²) in [5, 5.41) is 4.46. The molecule has 96 valence electrons. The van der Waals surface area contributed by atoms with Crippen LogP contribution in [0.3, 0.4) is 0 Å². The van der Waals surface area contributed by atoms with E-state index in [9.17, 15) is 0 Å². The van der Waals surface area contributed by atoms with E-state index in [0.717, 1.165) is 4.34 Å². The number of halogens is 1. The summed E-state index contributed by atoms with van der Waals surface area (Å²) in [7, 11) is 0. The zero-order chi connectivity index (χ0) is 13.2. The molecule has 3 aromatic rings. The van der Waals surface area contributed by atoms with Crippen LogP contribution in [0.15, 0.2) is 22.2 Å². The average molecular weight is 313 g/mol. The number of hydrogen-bond acceptors (Lipinski definition) is 9.